The molecule has 0 radical (unpaired) electrons. The van der Waals surface area contributed by atoms with E-state index in [1.54, 1.807) is 6.07 Å². The van der Waals surface area contributed by atoms with Crippen LogP contribution in [-0.2, 0) is 11.2 Å². The molecule has 104 valence electrons. The SMILES string of the molecule is CCc1ccccc1OCC(=O)Nc1ncccc1O. The van der Waals surface area contributed by atoms with Crippen LogP contribution >= 0.6 is 0 Å². The lowest BCUT2D eigenvalue weighted by molar-refractivity contribution is -0.118. The zero-order chi connectivity index (χ0) is 14.4. The molecule has 0 saturated carbocycles. The molecule has 1 aromatic carbocycles. The first-order valence-electron chi connectivity index (χ1n) is 6.35. The number of hydrogen-bond donors (Lipinski definition) is 2. The number of nitrogens with one attached hydrogen (secondary N) is 1. The molecule has 1 amide bonds. The number of carbonyl (C=O) groups is 1. The third kappa shape index (κ3) is 3.47. The van der Waals surface area contributed by atoms with Gasteiger partial charge in [-0.15, -0.1) is 0 Å². The molecule has 0 aliphatic heterocycles. The minimum atomic E-state index is -0.370. The van der Waals surface area contributed by atoms with Gasteiger partial charge in [0.25, 0.3) is 5.91 Å². The molecule has 2 N–H and O–H groups in total. The van der Waals surface area contributed by atoms with Gasteiger partial charge in [-0.3, -0.25) is 4.79 Å². The van der Waals surface area contributed by atoms with Crippen LogP contribution in [0.1, 0.15) is 12.5 Å². The zero-order valence-electron chi connectivity index (χ0n) is 11.2. The van der Waals surface area contributed by atoms with Crippen molar-refractivity contribution in [2.45, 2.75) is 13.3 Å². The highest BCUT2D eigenvalue weighted by atomic mass is 16.5. The van der Waals surface area contributed by atoms with E-state index in [0.717, 1.165) is 12.0 Å². The van der Waals surface area contributed by atoms with Crippen molar-refractivity contribution in [3.05, 3.63) is 48.2 Å². The molecule has 20 heavy (non-hydrogen) atoms. The predicted molar refractivity (Wildman–Crippen MR) is 75.8 cm³/mol. The van der Waals surface area contributed by atoms with Crippen LogP contribution in [0.2, 0.25) is 0 Å². The lowest BCUT2D eigenvalue weighted by Crippen LogP contribution is -2.21. The Kier molecular flexibility index (Phi) is 4.55. The van der Waals surface area contributed by atoms with Gasteiger partial charge >= 0.3 is 0 Å². The molecule has 1 heterocycles. The first kappa shape index (κ1) is 13.9. The summed E-state index contributed by atoms with van der Waals surface area (Å²) in [4.78, 5) is 15.6. The van der Waals surface area contributed by atoms with Crippen LogP contribution in [-0.4, -0.2) is 22.6 Å². The molecular formula is C15H16N2O3. The second-order valence-electron chi connectivity index (χ2n) is 4.17. The standard InChI is InChI=1S/C15H16N2O3/c1-2-11-6-3-4-8-13(11)20-10-14(19)17-15-12(18)7-5-9-16-15/h3-9,18H,2,10H2,1H3,(H,16,17,19). The summed E-state index contributed by atoms with van der Waals surface area (Å²) >= 11 is 0. The third-order valence-corrected chi connectivity index (χ3v) is 2.76. The fraction of sp³-hybridized carbons (Fsp3) is 0.200. The number of benzene rings is 1. The van der Waals surface area contributed by atoms with Crippen LogP contribution < -0.4 is 10.1 Å². The van der Waals surface area contributed by atoms with Crippen molar-refractivity contribution in [3.8, 4) is 11.5 Å². The molecular weight excluding hydrogens is 256 g/mol. The second kappa shape index (κ2) is 6.56. The van der Waals surface area contributed by atoms with Gasteiger partial charge in [-0.05, 0) is 30.2 Å². The average Bonchev–Trinajstić information content (AvgIpc) is 2.48. The summed E-state index contributed by atoms with van der Waals surface area (Å²) < 4.78 is 5.48. The second-order valence-corrected chi connectivity index (χ2v) is 4.17. The van der Waals surface area contributed by atoms with Gasteiger partial charge in [0.2, 0.25) is 0 Å². The molecule has 0 aliphatic rings. The number of hydrogen-bond acceptors (Lipinski definition) is 4. The number of anilines is 1. The Labute approximate surface area is 117 Å². The molecule has 0 spiro atoms. The minimum absolute atomic E-state index is 0.0743. The number of amides is 1. The number of aromatic hydroxyl groups is 1. The van der Waals surface area contributed by atoms with Crippen molar-refractivity contribution in [1.82, 2.24) is 4.98 Å². The van der Waals surface area contributed by atoms with Gasteiger partial charge in [-0.2, -0.15) is 0 Å². The Morgan fingerprint density at radius 3 is 2.85 bits per heavy atom. The molecule has 0 bridgehead atoms. The maximum absolute atomic E-state index is 11.8. The van der Waals surface area contributed by atoms with E-state index in [1.807, 2.05) is 31.2 Å². The molecule has 0 unspecified atom stereocenters. The molecule has 0 atom stereocenters. The maximum Gasteiger partial charge on any atom is 0.263 e. The Bertz CT molecular complexity index is 599. The van der Waals surface area contributed by atoms with E-state index in [4.69, 9.17) is 4.74 Å². The van der Waals surface area contributed by atoms with E-state index in [2.05, 4.69) is 10.3 Å². The monoisotopic (exact) mass is 272 g/mol. The van der Waals surface area contributed by atoms with Gasteiger partial charge in [0.15, 0.2) is 18.2 Å². The predicted octanol–water partition coefficient (Wildman–Crippen LogP) is 2.37. The average molecular weight is 272 g/mol. The molecule has 1 aromatic heterocycles. The molecule has 2 aromatic rings. The smallest absolute Gasteiger partial charge is 0.263 e. The van der Waals surface area contributed by atoms with E-state index in [1.165, 1.54) is 12.3 Å². The van der Waals surface area contributed by atoms with Crippen LogP contribution in [0, 0.1) is 0 Å². The first-order valence-corrected chi connectivity index (χ1v) is 6.35. The lowest BCUT2D eigenvalue weighted by atomic mass is 10.1. The molecule has 0 fully saturated rings. The largest absolute Gasteiger partial charge is 0.504 e. The Balaban J connectivity index is 1.94. The van der Waals surface area contributed by atoms with Crippen LogP contribution in [0.15, 0.2) is 42.6 Å². The summed E-state index contributed by atoms with van der Waals surface area (Å²) in [5.41, 5.74) is 1.04. The summed E-state index contributed by atoms with van der Waals surface area (Å²) in [6, 6.07) is 10.6. The number of aromatic nitrogens is 1. The lowest BCUT2D eigenvalue weighted by Gasteiger charge is -2.10. The Morgan fingerprint density at radius 2 is 2.10 bits per heavy atom. The highest BCUT2D eigenvalue weighted by Gasteiger charge is 2.09. The van der Waals surface area contributed by atoms with Gasteiger partial charge < -0.3 is 15.2 Å². The number of para-hydroxylation sites is 1. The van der Waals surface area contributed by atoms with Crippen molar-refractivity contribution in [2.75, 3.05) is 11.9 Å². The highest BCUT2D eigenvalue weighted by molar-refractivity contribution is 5.92. The quantitative estimate of drug-likeness (QED) is 0.876. The number of pyridine rings is 1. The topological polar surface area (TPSA) is 71.5 Å². The van der Waals surface area contributed by atoms with Crippen molar-refractivity contribution >= 4 is 11.7 Å². The summed E-state index contributed by atoms with van der Waals surface area (Å²) in [5.74, 6) is 0.375. The highest BCUT2D eigenvalue weighted by Crippen LogP contribution is 2.19. The van der Waals surface area contributed by atoms with Crippen LogP contribution in [0.25, 0.3) is 0 Å². The van der Waals surface area contributed by atoms with E-state index < -0.39 is 0 Å². The van der Waals surface area contributed by atoms with E-state index in [-0.39, 0.29) is 24.1 Å². The maximum atomic E-state index is 11.8. The van der Waals surface area contributed by atoms with Crippen LogP contribution in [0.5, 0.6) is 11.5 Å². The third-order valence-electron chi connectivity index (χ3n) is 2.76. The summed E-state index contributed by atoms with van der Waals surface area (Å²) in [5, 5.41) is 12.0. The fourth-order valence-corrected chi connectivity index (χ4v) is 1.74. The fourth-order valence-electron chi connectivity index (χ4n) is 1.74. The summed E-state index contributed by atoms with van der Waals surface area (Å²) in [6.07, 6.45) is 2.32. The van der Waals surface area contributed by atoms with Crippen molar-refractivity contribution in [2.24, 2.45) is 0 Å². The first-order chi connectivity index (χ1) is 9.70. The summed E-state index contributed by atoms with van der Waals surface area (Å²) in [6.45, 7) is 1.89. The molecule has 0 aliphatic carbocycles. The van der Waals surface area contributed by atoms with Gasteiger partial charge in [-0.1, -0.05) is 25.1 Å². The number of nitrogens with zero attached hydrogens (tertiary/aromatic N) is 1. The Morgan fingerprint density at radius 1 is 1.30 bits per heavy atom. The number of aryl methyl sites for hydroxylation is 1. The number of rotatable bonds is 5. The minimum Gasteiger partial charge on any atom is -0.504 e. The van der Waals surface area contributed by atoms with Crippen molar-refractivity contribution in [1.29, 1.82) is 0 Å². The molecule has 2 rings (SSSR count). The zero-order valence-corrected chi connectivity index (χ0v) is 11.2. The van der Waals surface area contributed by atoms with Crippen LogP contribution in [0.3, 0.4) is 0 Å². The number of ether oxygens (including phenoxy) is 1. The van der Waals surface area contributed by atoms with Gasteiger partial charge in [0, 0.05) is 6.20 Å². The van der Waals surface area contributed by atoms with Gasteiger partial charge in [0.1, 0.15) is 5.75 Å². The number of carbonyl (C=O) groups excluding carboxylic acids is 1. The van der Waals surface area contributed by atoms with E-state index in [0.29, 0.717) is 5.75 Å². The normalized spacial score (nSPS) is 10.1. The van der Waals surface area contributed by atoms with Crippen LogP contribution in [0.4, 0.5) is 5.82 Å². The van der Waals surface area contributed by atoms with Crippen molar-refractivity contribution < 1.29 is 14.6 Å². The molecule has 5 heteroatoms. The van der Waals surface area contributed by atoms with Gasteiger partial charge in [0.05, 0.1) is 0 Å². The van der Waals surface area contributed by atoms with Crippen molar-refractivity contribution in [3.63, 3.8) is 0 Å². The summed E-state index contributed by atoms with van der Waals surface area (Å²) in [7, 11) is 0. The molecule has 5 nitrogen and oxygen atoms in total. The Hall–Kier alpha value is -2.56. The van der Waals surface area contributed by atoms with Gasteiger partial charge in [-0.25, -0.2) is 4.98 Å². The van der Waals surface area contributed by atoms with E-state index in [9.17, 15) is 9.90 Å². The van der Waals surface area contributed by atoms with E-state index >= 15 is 0 Å². The molecule has 0 saturated heterocycles.